The van der Waals surface area contributed by atoms with E-state index in [4.69, 9.17) is 0 Å². The molecule has 0 saturated carbocycles. The highest BCUT2D eigenvalue weighted by Crippen LogP contribution is 2.41. The Hall–Kier alpha value is -1.76. The number of esters is 1. The Morgan fingerprint density at radius 2 is 1.66 bits per heavy atom. The summed E-state index contributed by atoms with van der Waals surface area (Å²) in [6, 6.07) is 0. The summed E-state index contributed by atoms with van der Waals surface area (Å²) in [7, 11) is 0. The standard InChI is InChI=1S/C16H20F7NO4S/c1-4-8-24-12(26)14(15(19,20)21,28-11(25)10(2)3)27-9-6-5-7-13(17,18)16(22,23)29/h4,29H,1-2,5-9H2,3H3,(H,24,26). The minimum atomic E-state index is -5.56. The van der Waals surface area contributed by atoms with Crippen molar-refractivity contribution >= 4 is 24.5 Å². The minimum absolute atomic E-state index is 0.437. The van der Waals surface area contributed by atoms with E-state index in [2.05, 4.69) is 35.3 Å². The molecule has 0 fully saturated rings. The average Bonchev–Trinajstić information content (AvgIpc) is 2.55. The highest BCUT2D eigenvalue weighted by Gasteiger charge is 2.66. The fraction of sp³-hybridized carbons (Fsp3) is 0.625. The first-order valence-corrected chi connectivity index (χ1v) is 8.43. The maximum absolute atomic E-state index is 13.6. The molecule has 0 aliphatic rings. The van der Waals surface area contributed by atoms with Gasteiger partial charge in [0.05, 0.1) is 6.61 Å². The third-order valence-electron chi connectivity index (χ3n) is 3.29. The van der Waals surface area contributed by atoms with Crippen LogP contribution in [0.1, 0.15) is 26.2 Å². The third kappa shape index (κ3) is 7.53. The molecule has 0 heterocycles. The molecule has 1 N–H and O–H groups in total. The van der Waals surface area contributed by atoms with Gasteiger partial charge in [-0.2, -0.15) is 30.7 Å². The van der Waals surface area contributed by atoms with Gasteiger partial charge in [0.25, 0.3) is 0 Å². The summed E-state index contributed by atoms with van der Waals surface area (Å²) in [5, 5.41) is -2.85. The lowest BCUT2D eigenvalue weighted by molar-refractivity contribution is -0.347. The van der Waals surface area contributed by atoms with Gasteiger partial charge in [-0.05, 0) is 19.8 Å². The molecular formula is C16H20F7NO4S. The van der Waals surface area contributed by atoms with E-state index in [1.54, 1.807) is 5.32 Å². The zero-order chi connectivity index (χ0) is 23.1. The number of ether oxygens (including phenoxy) is 2. The molecule has 0 rings (SSSR count). The molecule has 0 aromatic carbocycles. The van der Waals surface area contributed by atoms with Crippen LogP contribution in [0.25, 0.3) is 0 Å². The van der Waals surface area contributed by atoms with Crippen LogP contribution in [0.4, 0.5) is 30.7 Å². The van der Waals surface area contributed by atoms with Crippen LogP contribution < -0.4 is 5.32 Å². The van der Waals surface area contributed by atoms with Crippen molar-refractivity contribution in [1.29, 1.82) is 0 Å². The highest BCUT2D eigenvalue weighted by atomic mass is 32.1. The number of carbonyl (C=O) groups excluding carboxylic acids is 2. The van der Waals surface area contributed by atoms with Crippen molar-refractivity contribution in [2.75, 3.05) is 13.2 Å². The Balaban J connectivity index is 5.38. The highest BCUT2D eigenvalue weighted by molar-refractivity contribution is 7.81. The first-order chi connectivity index (χ1) is 13.0. The number of halogens is 7. The largest absolute Gasteiger partial charge is 0.466 e. The van der Waals surface area contributed by atoms with Crippen LogP contribution in [0.2, 0.25) is 0 Å². The zero-order valence-electron chi connectivity index (χ0n) is 15.3. The van der Waals surface area contributed by atoms with Crippen LogP contribution in [0.3, 0.4) is 0 Å². The number of alkyl halides is 7. The SMILES string of the molecule is C=CCNC(=O)C(OCCCCC(F)(F)C(F)(F)S)(OC(=O)C(=C)C)C(F)(F)F. The van der Waals surface area contributed by atoms with E-state index < -0.39 is 73.0 Å². The molecule has 1 unspecified atom stereocenters. The lowest BCUT2D eigenvalue weighted by Gasteiger charge is -2.33. The number of nitrogens with one attached hydrogen (secondary N) is 1. The Bertz CT molecular complexity index is 619. The fourth-order valence-electron chi connectivity index (χ4n) is 1.72. The predicted octanol–water partition coefficient (Wildman–Crippen LogP) is 4.01. The summed E-state index contributed by atoms with van der Waals surface area (Å²) >= 11 is 2.47. The van der Waals surface area contributed by atoms with Gasteiger partial charge in [0.2, 0.25) is 0 Å². The number of hydrogen-bond donors (Lipinski definition) is 2. The van der Waals surface area contributed by atoms with Gasteiger partial charge in [-0.3, -0.25) is 4.79 Å². The van der Waals surface area contributed by atoms with Gasteiger partial charge < -0.3 is 14.8 Å². The molecule has 13 heteroatoms. The van der Waals surface area contributed by atoms with Gasteiger partial charge >= 0.3 is 35.0 Å². The van der Waals surface area contributed by atoms with Crippen molar-refractivity contribution < 1.29 is 49.8 Å². The maximum atomic E-state index is 13.6. The Morgan fingerprint density at radius 1 is 1.10 bits per heavy atom. The number of amides is 1. The molecule has 168 valence electrons. The second kappa shape index (κ2) is 10.3. The summed E-state index contributed by atoms with van der Waals surface area (Å²) in [5.74, 6) is -12.1. The molecular weight excluding hydrogens is 435 g/mol. The molecule has 0 spiro atoms. The van der Waals surface area contributed by atoms with Gasteiger partial charge in [0.15, 0.2) is 0 Å². The van der Waals surface area contributed by atoms with Crippen molar-refractivity contribution in [3.8, 4) is 0 Å². The molecule has 0 aliphatic heterocycles. The topological polar surface area (TPSA) is 64.6 Å². The molecule has 0 aliphatic carbocycles. The summed E-state index contributed by atoms with van der Waals surface area (Å²) in [5.41, 5.74) is -0.477. The van der Waals surface area contributed by atoms with Crippen molar-refractivity contribution in [2.24, 2.45) is 0 Å². The van der Waals surface area contributed by atoms with Crippen LogP contribution in [0, 0.1) is 0 Å². The van der Waals surface area contributed by atoms with E-state index in [0.29, 0.717) is 0 Å². The summed E-state index contributed by atoms with van der Waals surface area (Å²) in [4.78, 5) is 23.7. The van der Waals surface area contributed by atoms with E-state index in [1.807, 2.05) is 0 Å². The lowest BCUT2D eigenvalue weighted by atomic mass is 10.1. The number of rotatable bonds is 12. The van der Waals surface area contributed by atoms with E-state index in [9.17, 15) is 40.3 Å². The van der Waals surface area contributed by atoms with E-state index in [1.165, 1.54) is 0 Å². The minimum Gasteiger partial charge on any atom is -0.412 e. The monoisotopic (exact) mass is 455 g/mol. The molecule has 1 atom stereocenters. The zero-order valence-corrected chi connectivity index (χ0v) is 16.1. The molecule has 0 saturated heterocycles. The Kier molecular flexibility index (Phi) is 9.70. The molecule has 1 amide bonds. The Morgan fingerprint density at radius 3 is 2.07 bits per heavy atom. The van der Waals surface area contributed by atoms with E-state index >= 15 is 0 Å². The second-order valence-electron chi connectivity index (χ2n) is 5.83. The second-order valence-corrected chi connectivity index (χ2v) is 6.40. The summed E-state index contributed by atoms with van der Waals surface area (Å²) in [6.45, 7) is 5.86. The van der Waals surface area contributed by atoms with Crippen LogP contribution >= 0.6 is 12.6 Å². The van der Waals surface area contributed by atoms with Gasteiger partial charge in [-0.15, -0.1) is 6.58 Å². The predicted molar refractivity (Wildman–Crippen MR) is 91.6 cm³/mol. The lowest BCUT2D eigenvalue weighted by Crippen LogP contribution is -2.61. The number of unbranched alkanes of at least 4 members (excludes halogenated alkanes) is 1. The number of hydrogen-bond acceptors (Lipinski definition) is 5. The fourth-order valence-corrected chi connectivity index (χ4v) is 1.84. The molecule has 0 bridgehead atoms. The Labute approximate surface area is 167 Å². The molecule has 0 aromatic rings. The average molecular weight is 455 g/mol. The van der Waals surface area contributed by atoms with Gasteiger partial charge in [0, 0.05) is 18.5 Å². The van der Waals surface area contributed by atoms with Crippen LogP contribution in [-0.2, 0) is 19.1 Å². The molecule has 29 heavy (non-hydrogen) atoms. The van der Waals surface area contributed by atoms with E-state index in [-0.39, 0.29) is 0 Å². The number of thiol groups is 1. The van der Waals surface area contributed by atoms with Crippen molar-refractivity contribution in [1.82, 2.24) is 5.32 Å². The quantitative estimate of drug-likeness (QED) is 0.0888. The summed E-state index contributed by atoms with van der Waals surface area (Å²) < 4.78 is 101. The van der Waals surface area contributed by atoms with Crippen molar-refractivity contribution in [3.63, 3.8) is 0 Å². The normalized spacial score (nSPS) is 14.7. The van der Waals surface area contributed by atoms with Crippen LogP contribution in [-0.4, -0.2) is 48.2 Å². The molecule has 0 aromatic heterocycles. The van der Waals surface area contributed by atoms with Crippen molar-refractivity contribution in [3.05, 3.63) is 24.8 Å². The maximum Gasteiger partial charge on any atom is 0.466 e. The summed E-state index contributed by atoms with van der Waals surface area (Å²) in [6.07, 6.45) is -7.21. The van der Waals surface area contributed by atoms with Gasteiger partial charge in [0.1, 0.15) is 0 Å². The smallest absolute Gasteiger partial charge is 0.412 e. The first kappa shape index (κ1) is 27.2. The molecule has 0 radical (unpaired) electrons. The van der Waals surface area contributed by atoms with Gasteiger partial charge in [-0.1, -0.05) is 25.3 Å². The van der Waals surface area contributed by atoms with Gasteiger partial charge in [-0.25, -0.2) is 4.79 Å². The van der Waals surface area contributed by atoms with Crippen molar-refractivity contribution in [2.45, 2.75) is 49.3 Å². The van der Waals surface area contributed by atoms with E-state index in [0.717, 1.165) is 13.0 Å². The first-order valence-electron chi connectivity index (χ1n) is 7.98. The number of carbonyl (C=O) groups is 2. The van der Waals surface area contributed by atoms with Crippen LogP contribution in [0.5, 0.6) is 0 Å². The third-order valence-corrected chi connectivity index (χ3v) is 3.62. The van der Waals surface area contributed by atoms with Crippen LogP contribution in [0.15, 0.2) is 24.8 Å². The molecule has 5 nitrogen and oxygen atoms in total.